The molecule has 7 heteroatoms. The van der Waals surface area contributed by atoms with Gasteiger partial charge in [0.2, 0.25) is 0 Å². The minimum absolute atomic E-state index is 0.192. The van der Waals surface area contributed by atoms with Gasteiger partial charge in [0.1, 0.15) is 5.15 Å². The summed E-state index contributed by atoms with van der Waals surface area (Å²) in [5, 5.41) is 0.806. The second-order valence-corrected chi connectivity index (χ2v) is 6.87. The first-order valence-electron chi connectivity index (χ1n) is 6.71. The molecule has 5 nitrogen and oxygen atoms in total. The van der Waals surface area contributed by atoms with Crippen LogP contribution in [0.5, 0.6) is 0 Å². The molecule has 3 aromatic rings. The summed E-state index contributed by atoms with van der Waals surface area (Å²) in [6, 6.07) is 11.5. The number of benzene rings is 1. The number of fused-ring (bicyclic) bond motifs is 1. The Hall–Kier alpha value is -2.31. The third-order valence-corrected chi connectivity index (χ3v) is 5.38. The zero-order chi connectivity index (χ0) is 16.4. The minimum atomic E-state index is -3.78. The largest absolute Gasteiger partial charge is 0.504 e. The maximum Gasteiger partial charge on any atom is 0.268 e. The van der Waals surface area contributed by atoms with Gasteiger partial charge in [0.15, 0.2) is 0 Å². The number of nitrogens with zero attached hydrogens (tertiary/aromatic N) is 2. The average molecular weight is 349 g/mol. The fourth-order valence-corrected chi connectivity index (χ4v) is 4.04. The number of rotatable bonds is 4. The van der Waals surface area contributed by atoms with Crippen molar-refractivity contribution in [2.75, 3.05) is 7.11 Å². The number of pyridine rings is 1. The lowest BCUT2D eigenvalue weighted by Crippen LogP contribution is -2.14. The van der Waals surface area contributed by atoms with Crippen molar-refractivity contribution in [2.24, 2.45) is 0 Å². The molecule has 0 saturated heterocycles. The summed E-state index contributed by atoms with van der Waals surface area (Å²) in [6.07, 6.45) is 4.45. The standard InChI is InChI=1S/C16H13ClN2O3S/c1-22-10-8-12-11-14-15(7-9-18-16(14)17)19(12)23(20,21)13-5-3-2-4-6-13/h2-11H,1H3. The topological polar surface area (TPSA) is 61.2 Å². The Kier molecular flexibility index (Phi) is 4.11. The van der Waals surface area contributed by atoms with Crippen LogP contribution < -0.4 is 0 Å². The van der Waals surface area contributed by atoms with Crippen molar-refractivity contribution < 1.29 is 13.2 Å². The predicted octanol–water partition coefficient (Wildman–Crippen LogP) is 3.54. The summed E-state index contributed by atoms with van der Waals surface area (Å²) in [6.45, 7) is 0. The molecule has 0 spiro atoms. The fraction of sp³-hybridized carbons (Fsp3) is 0.0625. The molecular weight excluding hydrogens is 336 g/mol. The third kappa shape index (κ3) is 2.71. The lowest BCUT2D eigenvalue weighted by atomic mass is 10.3. The van der Waals surface area contributed by atoms with Crippen LogP contribution in [-0.4, -0.2) is 24.5 Å². The summed E-state index contributed by atoms with van der Waals surface area (Å²) in [5.41, 5.74) is 0.894. The van der Waals surface area contributed by atoms with Gasteiger partial charge in [0.25, 0.3) is 10.0 Å². The van der Waals surface area contributed by atoms with Crippen LogP contribution in [0, 0.1) is 0 Å². The van der Waals surface area contributed by atoms with Crippen molar-refractivity contribution in [1.82, 2.24) is 8.96 Å². The predicted molar refractivity (Wildman–Crippen MR) is 89.8 cm³/mol. The minimum Gasteiger partial charge on any atom is -0.504 e. The van der Waals surface area contributed by atoms with E-state index in [9.17, 15) is 8.42 Å². The second kappa shape index (κ2) is 6.06. The van der Waals surface area contributed by atoms with E-state index < -0.39 is 10.0 Å². The summed E-state index contributed by atoms with van der Waals surface area (Å²) < 4.78 is 32.2. The van der Waals surface area contributed by atoms with E-state index in [1.807, 2.05) is 0 Å². The highest BCUT2D eigenvalue weighted by atomic mass is 35.5. The van der Waals surface area contributed by atoms with Crippen LogP contribution in [0.3, 0.4) is 0 Å². The monoisotopic (exact) mass is 348 g/mol. The number of aromatic nitrogens is 2. The smallest absolute Gasteiger partial charge is 0.268 e. The Bertz CT molecular complexity index is 979. The zero-order valence-electron chi connectivity index (χ0n) is 12.2. The Morgan fingerprint density at radius 2 is 1.96 bits per heavy atom. The molecule has 0 amide bonds. The number of halogens is 1. The van der Waals surface area contributed by atoms with Crippen LogP contribution in [0.2, 0.25) is 5.15 Å². The van der Waals surface area contributed by atoms with E-state index in [-0.39, 0.29) is 10.0 Å². The normalized spacial score (nSPS) is 12.1. The highest BCUT2D eigenvalue weighted by molar-refractivity contribution is 7.90. The average Bonchev–Trinajstić information content (AvgIpc) is 2.94. The summed E-state index contributed by atoms with van der Waals surface area (Å²) >= 11 is 6.10. The van der Waals surface area contributed by atoms with E-state index in [1.54, 1.807) is 48.5 Å². The lowest BCUT2D eigenvalue weighted by Gasteiger charge is -2.10. The van der Waals surface area contributed by atoms with Crippen molar-refractivity contribution in [1.29, 1.82) is 0 Å². The molecule has 0 aliphatic carbocycles. The van der Waals surface area contributed by atoms with Crippen LogP contribution in [0.25, 0.3) is 17.0 Å². The van der Waals surface area contributed by atoms with Gasteiger partial charge in [-0.2, -0.15) is 0 Å². The van der Waals surface area contributed by atoms with Gasteiger partial charge in [0, 0.05) is 11.6 Å². The Morgan fingerprint density at radius 1 is 1.22 bits per heavy atom. The molecule has 0 aliphatic heterocycles. The molecule has 0 bridgehead atoms. The molecule has 23 heavy (non-hydrogen) atoms. The molecule has 0 saturated carbocycles. The maximum absolute atomic E-state index is 13.0. The third-order valence-electron chi connectivity index (χ3n) is 3.32. The van der Waals surface area contributed by atoms with E-state index in [0.29, 0.717) is 16.6 Å². The molecule has 0 fully saturated rings. The SMILES string of the molecule is COC=Cc1cc2c(Cl)nccc2n1S(=O)(=O)c1ccccc1. The van der Waals surface area contributed by atoms with Crippen LogP contribution in [-0.2, 0) is 14.8 Å². The molecule has 0 N–H and O–H groups in total. The fourth-order valence-electron chi connectivity index (χ4n) is 2.31. The van der Waals surface area contributed by atoms with E-state index in [4.69, 9.17) is 16.3 Å². The zero-order valence-corrected chi connectivity index (χ0v) is 13.8. The molecule has 118 valence electrons. The highest BCUT2D eigenvalue weighted by Crippen LogP contribution is 2.29. The number of hydrogen-bond donors (Lipinski definition) is 0. The van der Waals surface area contributed by atoms with Crippen molar-refractivity contribution >= 4 is 38.6 Å². The molecule has 0 radical (unpaired) electrons. The maximum atomic E-state index is 13.0. The van der Waals surface area contributed by atoms with Crippen LogP contribution in [0.15, 0.2) is 59.8 Å². The summed E-state index contributed by atoms with van der Waals surface area (Å²) in [7, 11) is -2.29. The molecule has 0 aliphatic rings. The molecule has 1 aromatic carbocycles. The number of hydrogen-bond acceptors (Lipinski definition) is 4. The van der Waals surface area contributed by atoms with Crippen LogP contribution in [0.1, 0.15) is 5.69 Å². The summed E-state index contributed by atoms with van der Waals surface area (Å²) in [5.74, 6) is 0. The number of ether oxygens (including phenoxy) is 1. The van der Waals surface area contributed by atoms with Gasteiger partial charge in [0.05, 0.1) is 29.5 Å². The van der Waals surface area contributed by atoms with E-state index in [0.717, 1.165) is 0 Å². The molecule has 2 aromatic heterocycles. The Balaban J connectivity index is 2.35. The van der Waals surface area contributed by atoms with E-state index in [1.165, 1.54) is 23.5 Å². The van der Waals surface area contributed by atoms with Crippen molar-refractivity contribution in [2.45, 2.75) is 4.90 Å². The van der Waals surface area contributed by atoms with E-state index in [2.05, 4.69) is 4.98 Å². The van der Waals surface area contributed by atoms with Gasteiger partial charge in [-0.05, 0) is 30.3 Å². The summed E-state index contributed by atoms with van der Waals surface area (Å²) in [4.78, 5) is 4.19. The quantitative estimate of drug-likeness (QED) is 0.534. The van der Waals surface area contributed by atoms with Gasteiger partial charge in [-0.3, -0.25) is 0 Å². The molecule has 0 atom stereocenters. The molecular formula is C16H13ClN2O3S. The van der Waals surface area contributed by atoms with Crippen molar-refractivity contribution in [3.05, 3.63) is 65.8 Å². The van der Waals surface area contributed by atoms with Crippen molar-refractivity contribution in [3.8, 4) is 0 Å². The first-order chi connectivity index (χ1) is 11.1. The van der Waals surface area contributed by atoms with Crippen LogP contribution in [0.4, 0.5) is 0 Å². The van der Waals surface area contributed by atoms with Crippen molar-refractivity contribution in [3.63, 3.8) is 0 Å². The van der Waals surface area contributed by atoms with Gasteiger partial charge in [-0.25, -0.2) is 17.4 Å². The molecule has 3 rings (SSSR count). The number of methoxy groups -OCH3 is 1. The van der Waals surface area contributed by atoms with Gasteiger partial charge in [-0.15, -0.1) is 0 Å². The van der Waals surface area contributed by atoms with Crippen LogP contribution >= 0.6 is 11.6 Å². The first-order valence-corrected chi connectivity index (χ1v) is 8.53. The Labute approximate surface area is 138 Å². The first kappa shape index (κ1) is 15.6. The van der Waals surface area contributed by atoms with Gasteiger partial charge in [-0.1, -0.05) is 29.8 Å². The van der Waals surface area contributed by atoms with Gasteiger partial charge < -0.3 is 4.74 Å². The Morgan fingerprint density at radius 3 is 2.65 bits per heavy atom. The lowest BCUT2D eigenvalue weighted by molar-refractivity contribution is 0.341. The highest BCUT2D eigenvalue weighted by Gasteiger charge is 2.23. The molecule has 2 heterocycles. The van der Waals surface area contributed by atoms with Gasteiger partial charge >= 0.3 is 0 Å². The molecule has 0 unspecified atom stereocenters. The van der Waals surface area contributed by atoms with E-state index >= 15 is 0 Å². The second-order valence-electron chi connectivity index (χ2n) is 4.72.